The van der Waals surface area contributed by atoms with E-state index in [-0.39, 0.29) is 12.2 Å². The largest absolute Gasteiger partial charge is 0.489 e. The van der Waals surface area contributed by atoms with E-state index >= 15 is 0 Å². The summed E-state index contributed by atoms with van der Waals surface area (Å²) in [7, 11) is 0. The average molecular weight is 733 g/mol. The van der Waals surface area contributed by atoms with Crippen molar-refractivity contribution in [3.63, 3.8) is 0 Å². The fourth-order valence-corrected chi connectivity index (χ4v) is 5.31. The smallest absolute Gasteiger partial charge is 0.342 e. The summed E-state index contributed by atoms with van der Waals surface area (Å²) in [6.45, 7) is 20.2. The van der Waals surface area contributed by atoms with Crippen LogP contribution in [0.5, 0.6) is 40.2 Å². The fourth-order valence-electron chi connectivity index (χ4n) is 5.31. The van der Waals surface area contributed by atoms with Gasteiger partial charge in [-0.25, -0.2) is 4.79 Å². The first-order chi connectivity index (χ1) is 25.5. The third kappa shape index (κ3) is 13.6. The molecule has 9 heteroatoms. The first kappa shape index (κ1) is 44.9. The molecule has 0 radical (unpaired) electrons. The van der Waals surface area contributed by atoms with Gasteiger partial charge in [-0.15, -0.1) is 0 Å². The molecule has 0 atom stereocenters. The zero-order valence-corrected chi connectivity index (χ0v) is 34.1. The second kappa shape index (κ2) is 27.4. The number of benzene rings is 2. The van der Waals surface area contributed by atoms with Gasteiger partial charge >= 0.3 is 5.97 Å². The van der Waals surface area contributed by atoms with Crippen molar-refractivity contribution in [3.8, 4) is 40.2 Å². The molecule has 0 heterocycles. The molecule has 0 saturated carbocycles. The molecule has 298 valence electrons. The summed E-state index contributed by atoms with van der Waals surface area (Å²) in [6, 6.07) is 0. The summed E-state index contributed by atoms with van der Waals surface area (Å²) in [6.07, 6.45) is 14.0. The monoisotopic (exact) mass is 733 g/mol. The van der Waals surface area contributed by atoms with Gasteiger partial charge in [0.2, 0.25) is 17.2 Å². The van der Waals surface area contributed by atoms with Crippen LogP contribution in [0.3, 0.4) is 0 Å². The van der Waals surface area contributed by atoms with E-state index < -0.39 is 5.97 Å². The number of hydrogen-bond donors (Lipinski definition) is 0. The van der Waals surface area contributed by atoms with E-state index in [1.54, 1.807) is 0 Å². The van der Waals surface area contributed by atoms with Gasteiger partial charge in [-0.1, -0.05) is 107 Å². The minimum Gasteiger partial charge on any atom is -0.489 e. The van der Waals surface area contributed by atoms with E-state index in [0.717, 1.165) is 103 Å². The zero-order chi connectivity index (χ0) is 38.0. The lowest BCUT2D eigenvalue weighted by molar-refractivity contribution is 0.0496. The lowest BCUT2D eigenvalue weighted by atomic mass is 9.97. The van der Waals surface area contributed by atoms with E-state index in [1.807, 2.05) is 0 Å². The average Bonchev–Trinajstić information content (AvgIpc) is 3.14. The number of carbonyl (C=O) groups is 1. The highest BCUT2D eigenvalue weighted by Crippen LogP contribution is 2.60. The number of hydrogen-bond acceptors (Lipinski definition) is 9. The van der Waals surface area contributed by atoms with Crippen molar-refractivity contribution in [2.45, 2.75) is 158 Å². The quantitative estimate of drug-likeness (QED) is 0.0538. The summed E-state index contributed by atoms with van der Waals surface area (Å²) in [4.78, 5) is 14.6. The Hall–Kier alpha value is -3.23. The molecule has 0 amide bonds. The van der Waals surface area contributed by atoms with Crippen LogP contribution >= 0.6 is 0 Å². The summed E-state index contributed by atoms with van der Waals surface area (Å²) in [5.74, 6) is 2.41. The van der Waals surface area contributed by atoms with E-state index in [9.17, 15) is 4.79 Å². The lowest BCUT2D eigenvalue weighted by Gasteiger charge is -2.27. The van der Waals surface area contributed by atoms with Gasteiger partial charge in [-0.2, -0.15) is 0 Å². The van der Waals surface area contributed by atoms with E-state index in [0.29, 0.717) is 97.3 Å². The molecule has 52 heavy (non-hydrogen) atoms. The van der Waals surface area contributed by atoms with Crippen molar-refractivity contribution in [3.05, 3.63) is 5.56 Å². The minimum absolute atomic E-state index is 0.240. The lowest BCUT2D eigenvalue weighted by Crippen LogP contribution is -2.16. The molecule has 0 aliphatic heterocycles. The molecule has 0 unspecified atom stereocenters. The summed E-state index contributed by atoms with van der Waals surface area (Å²) in [5.41, 5.74) is 0.240. The third-order valence-electron chi connectivity index (χ3n) is 8.58. The van der Waals surface area contributed by atoms with Crippen LogP contribution in [-0.4, -0.2) is 58.8 Å². The van der Waals surface area contributed by atoms with E-state index in [4.69, 9.17) is 37.9 Å². The van der Waals surface area contributed by atoms with Gasteiger partial charge < -0.3 is 37.9 Å². The van der Waals surface area contributed by atoms with Crippen LogP contribution in [-0.2, 0) is 4.74 Å². The van der Waals surface area contributed by atoms with Gasteiger partial charge in [-0.3, -0.25) is 0 Å². The van der Waals surface area contributed by atoms with Gasteiger partial charge in [0, 0.05) is 0 Å². The Morgan fingerprint density at radius 1 is 0.327 bits per heavy atom. The maximum atomic E-state index is 14.6. The predicted octanol–water partition coefficient (Wildman–Crippen LogP) is 12.0. The Labute approximate surface area is 315 Å². The molecule has 0 saturated heterocycles. The number of rotatable bonds is 32. The Balaban J connectivity index is 3.38. The Morgan fingerprint density at radius 3 is 0.904 bits per heavy atom. The molecule has 0 aliphatic carbocycles. The normalized spacial score (nSPS) is 11.1. The molecule has 0 spiro atoms. The van der Waals surface area contributed by atoms with Crippen molar-refractivity contribution >= 4 is 16.7 Å². The van der Waals surface area contributed by atoms with Crippen molar-refractivity contribution in [2.24, 2.45) is 0 Å². The van der Waals surface area contributed by atoms with Crippen LogP contribution in [0.25, 0.3) is 10.8 Å². The van der Waals surface area contributed by atoms with Crippen molar-refractivity contribution in [1.82, 2.24) is 0 Å². The summed E-state index contributed by atoms with van der Waals surface area (Å²) < 4.78 is 52.9. The van der Waals surface area contributed by atoms with Crippen LogP contribution in [0.1, 0.15) is 168 Å². The van der Waals surface area contributed by atoms with Crippen LogP contribution in [0.2, 0.25) is 0 Å². The number of ether oxygens (including phenoxy) is 8. The molecular formula is C43H72O9. The maximum Gasteiger partial charge on any atom is 0.342 e. The van der Waals surface area contributed by atoms with Gasteiger partial charge in [0.1, 0.15) is 5.56 Å². The molecule has 0 aliphatic rings. The second-order valence-electron chi connectivity index (χ2n) is 13.3. The Morgan fingerprint density at radius 2 is 0.577 bits per heavy atom. The number of carbonyl (C=O) groups excluding carboxylic acids is 1. The van der Waals surface area contributed by atoms with Gasteiger partial charge in [-0.05, 0) is 51.4 Å². The molecule has 2 aromatic carbocycles. The Bertz CT molecular complexity index is 1260. The van der Waals surface area contributed by atoms with Crippen molar-refractivity contribution < 1.29 is 42.7 Å². The number of fused-ring (bicyclic) bond motifs is 1. The topological polar surface area (TPSA) is 90.9 Å². The molecule has 2 rings (SSSR count). The molecular weight excluding hydrogens is 660 g/mol. The molecule has 2 aromatic rings. The first-order valence-electron chi connectivity index (χ1n) is 20.8. The number of unbranched alkanes of at least 4 members (excludes halogenated alkanes) is 8. The number of esters is 1. The maximum absolute atomic E-state index is 14.6. The van der Waals surface area contributed by atoms with Gasteiger partial charge in [0.05, 0.1) is 63.6 Å². The van der Waals surface area contributed by atoms with Gasteiger partial charge in [0.15, 0.2) is 23.0 Å². The highest BCUT2D eigenvalue weighted by atomic mass is 16.6. The standard InChI is InChI=1S/C43H72O9/c1-9-17-25-45-36-33-34(38(47-27-19-11-3)42(51-31-23-15-7)41(36)50-30-22-14-6)37(46-26-18-10-2)40(49-29-21-13-5)39(48-28-20-12-4)35(33)43(44)52-32-24-16-8/h9-32H2,1-8H3. The zero-order valence-electron chi connectivity index (χ0n) is 34.1. The molecule has 9 nitrogen and oxygen atoms in total. The SMILES string of the molecule is CCCCOC(=O)c1c(OCCCC)c(OCCCC)c(OCCCC)c2c(OCCCC)c(OCCCC)c(OCCCC)c(OCCCC)c12. The van der Waals surface area contributed by atoms with Gasteiger partial charge in [0.25, 0.3) is 0 Å². The van der Waals surface area contributed by atoms with Crippen LogP contribution in [0.15, 0.2) is 0 Å². The summed E-state index contributed by atoms with van der Waals surface area (Å²) >= 11 is 0. The van der Waals surface area contributed by atoms with Crippen LogP contribution in [0, 0.1) is 0 Å². The highest BCUT2D eigenvalue weighted by molar-refractivity contribution is 6.16. The van der Waals surface area contributed by atoms with E-state index in [1.165, 1.54) is 0 Å². The summed E-state index contributed by atoms with van der Waals surface area (Å²) in [5, 5.41) is 1.05. The minimum atomic E-state index is -0.510. The predicted molar refractivity (Wildman–Crippen MR) is 212 cm³/mol. The fraction of sp³-hybridized carbons (Fsp3) is 0.744. The van der Waals surface area contributed by atoms with E-state index in [2.05, 4.69) is 55.4 Å². The third-order valence-corrected chi connectivity index (χ3v) is 8.58. The molecule has 0 aromatic heterocycles. The van der Waals surface area contributed by atoms with Crippen molar-refractivity contribution in [1.29, 1.82) is 0 Å². The highest BCUT2D eigenvalue weighted by Gasteiger charge is 2.37. The Kier molecular flexibility index (Phi) is 23.7. The van der Waals surface area contributed by atoms with Crippen LogP contribution < -0.4 is 33.2 Å². The van der Waals surface area contributed by atoms with Crippen molar-refractivity contribution in [2.75, 3.05) is 52.9 Å². The molecule has 0 fully saturated rings. The molecule has 0 bridgehead atoms. The van der Waals surface area contributed by atoms with Crippen LogP contribution in [0.4, 0.5) is 0 Å². The molecule has 0 N–H and O–H groups in total. The first-order valence-corrected chi connectivity index (χ1v) is 20.8. The second-order valence-corrected chi connectivity index (χ2v) is 13.3.